The maximum absolute atomic E-state index is 11.9. The number of carbonyl (C=O) groups excluding carboxylic acids is 1. The molecule has 0 saturated carbocycles. The van der Waals surface area contributed by atoms with E-state index < -0.39 is 8.60 Å². The molecule has 192 valence electrons. The van der Waals surface area contributed by atoms with Crippen LogP contribution in [0.3, 0.4) is 0 Å². The second kappa shape index (κ2) is 25.4. The molecule has 2 unspecified atom stereocenters. The van der Waals surface area contributed by atoms with Crippen LogP contribution in [0, 0.1) is 0 Å². The van der Waals surface area contributed by atoms with E-state index in [-0.39, 0.29) is 18.7 Å². The lowest BCUT2D eigenvalue weighted by molar-refractivity contribution is -0.151. The van der Waals surface area contributed by atoms with E-state index in [9.17, 15) is 9.69 Å². The molecule has 2 atom stereocenters. The van der Waals surface area contributed by atoms with Crippen molar-refractivity contribution in [3.8, 4) is 0 Å². The van der Waals surface area contributed by atoms with Crippen LogP contribution in [0.4, 0.5) is 0 Å². The summed E-state index contributed by atoms with van der Waals surface area (Å²) < 4.78 is 16.1. The topological polar surface area (TPSA) is 77.0 Å². The van der Waals surface area contributed by atoms with Gasteiger partial charge in [0.1, 0.15) is 6.10 Å². The van der Waals surface area contributed by atoms with Gasteiger partial charge in [0.15, 0.2) is 0 Å². The molecule has 6 nitrogen and oxygen atoms in total. The Morgan fingerprint density at radius 3 is 1.84 bits per heavy atom. The fraction of sp³-hybridized carbons (Fsp3) is 0.960. The Labute approximate surface area is 199 Å². The van der Waals surface area contributed by atoms with Crippen LogP contribution in [-0.4, -0.2) is 43.8 Å². The van der Waals surface area contributed by atoms with Gasteiger partial charge in [-0.1, -0.05) is 97.3 Å². The summed E-state index contributed by atoms with van der Waals surface area (Å²) in [6.45, 7) is 5.46. The van der Waals surface area contributed by atoms with E-state index in [0.717, 1.165) is 25.7 Å². The number of carbonyl (C=O) groups is 1. The van der Waals surface area contributed by atoms with Crippen LogP contribution in [0.2, 0.25) is 0 Å². The van der Waals surface area contributed by atoms with Crippen LogP contribution in [0.15, 0.2) is 0 Å². The summed E-state index contributed by atoms with van der Waals surface area (Å²) in [5.74, 6) is -0.190. The van der Waals surface area contributed by atoms with Gasteiger partial charge in [-0.25, -0.2) is 0 Å². The highest BCUT2D eigenvalue weighted by molar-refractivity contribution is 7.40. The number of ether oxygens (including phenoxy) is 1. The predicted octanol–water partition coefficient (Wildman–Crippen LogP) is 7.04. The van der Waals surface area contributed by atoms with Gasteiger partial charge in [0.05, 0.1) is 13.2 Å². The molecule has 0 spiro atoms. The number of unbranched alkanes of at least 4 members (excludes halogenated alkanes) is 13. The van der Waals surface area contributed by atoms with Gasteiger partial charge in [0.25, 0.3) is 0 Å². The fourth-order valence-electron chi connectivity index (χ4n) is 3.60. The van der Waals surface area contributed by atoms with Gasteiger partial charge in [-0.2, -0.15) is 0 Å². The Morgan fingerprint density at radius 1 is 0.812 bits per heavy atom. The van der Waals surface area contributed by atoms with Gasteiger partial charge in [0.2, 0.25) is 0 Å². The Kier molecular flexibility index (Phi) is 25.2. The lowest BCUT2D eigenvalue weighted by Gasteiger charge is -2.19. The molecule has 0 fully saturated rings. The summed E-state index contributed by atoms with van der Waals surface area (Å²) in [4.78, 5) is 21.7. The molecule has 32 heavy (non-hydrogen) atoms. The van der Waals surface area contributed by atoms with Crippen LogP contribution < -0.4 is 5.32 Å². The first-order valence-corrected chi connectivity index (χ1v) is 14.4. The van der Waals surface area contributed by atoms with Gasteiger partial charge in [-0.3, -0.25) is 4.79 Å². The van der Waals surface area contributed by atoms with E-state index in [1.807, 2.05) is 14.0 Å². The Hall–Kier alpha value is -0.260. The van der Waals surface area contributed by atoms with Gasteiger partial charge < -0.3 is 24.0 Å². The molecule has 0 aromatic rings. The minimum absolute atomic E-state index is 0.190. The van der Waals surface area contributed by atoms with E-state index in [0.29, 0.717) is 19.6 Å². The molecule has 0 aliphatic rings. The van der Waals surface area contributed by atoms with Crippen LogP contribution in [0.25, 0.3) is 0 Å². The third-order valence-corrected chi connectivity index (χ3v) is 6.33. The summed E-state index contributed by atoms with van der Waals surface area (Å²) in [7, 11) is -0.104. The monoisotopic (exact) mass is 477 g/mol. The van der Waals surface area contributed by atoms with E-state index in [2.05, 4.69) is 12.2 Å². The summed E-state index contributed by atoms with van der Waals surface area (Å²) >= 11 is 0. The fourth-order valence-corrected chi connectivity index (χ4v) is 4.22. The number of esters is 1. The maximum Gasteiger partial charge on any atom is 0.330 e. The molecule has 0 bridgehead atoms. The van der Waals surface area contributed by atoms with E-state index in [4.69, 9.17) is 13.8 Å². The van der Waals surface area contributed by atoms with Crippen molar-refractivity contribution in [3.05, 3.63) is 0 Å². The first-order valence-electron chi connectivity index (χ1n) is 13.2. The standard InChI is InChI=1S/C25H52NO5P/c1-4-6-7-8-9-10-11-12-13-14-15-16-17-18-20-24(31-25(27)19-5-2)23-30-32(28)29-22-21-26-3/h24,26,28H,4-23H2,1-3H3. The van der Waals surface area contributed by atoms with Crippen molar-refractivity contribution in [2.45, 2.75) is 129 Å². The lowest BCUT2D eigenvalue weighted by atomic mass is 10.0. The van der Waals surface area contributed by atoms with E-state index in [1.54, 1.807) is 0 Å². The highest BCUT2D eigenvalue weighted by Gasteiger charge is 2.17. The first kappa shape index (κ1) is 31.7. The van der Waals surface area contributed by atoms with Gasteiger partial charge in [0, 0.05) is 13.0 Å². The van der Waals surface area contributed by atoms with Gasteiger partial charge >= 0.3 is 14.6 Å². The number of hydrogen-bond donors (Lipinski definition) is 2. The Balaban J connectivity index is 3.78. The number of likely N-dealkylation sites (N-methyl/N-ethyl adjacent to an activating group) is 1. The largest absolute Gasteiger partial charge is 0.460 e. The van der Waals surface area contributed by atoms with Crippen LogP contribution in [-0.2, 0) is 18.6 Å². The van der Waals surface area contributed by atoms with E-state index >= 15 is 0 Å². The predicted molar refractivity (Wildman–Crippen MR) is 135 cm³/mol. The molecule has 0 radical (unpaired) electrons. The Morgan fingerprint density at radius 2 is 1.34 bits per heavy atom. The van der Waals surface area contributed by atoms with Gasteiger partial charge in [-0.15, -0.1) is 0 Å². The van der Waals surface area contributed by atoms with Crippen molar-refractivity contribution in [2.24, 2.45) is 0 Å². The molecule has 0 amide bonds. The third kappa shape index (κ3) is 22.9. The highest BCUT2D eigenvalue weighted by atomic mass is 31.2. The number of rotatable bonds is 25. The molecule has 0 rings (SSSR count). The van der Waals surface area contributed by atoms with Crippen molar-refractivity contribution in [1.29, 1.82) is 0 Å². The van der Waals surface area contributed by atoms with Crippen molar-refractivity contribution < 1.29 is 23.5 Å². The van der Waals surface area contributed by atoms with Crippen LogP contribution >= 0.6 is 8.60 Å². The molecule has 0 saturated heterocycles. The molecule has 0 aromatic heterocycles. The third-order valence-electron chi connectivity index (χ3n) is 5.56. The second-order valence-corrected chi connectivity index (χ2v) is 9.71. The average Bonchev–Trinajstić information content (AvgIpc) is 2.77. The van der Waals surface area contributed by atoms with E-state index in [1.165, 1.54) is 77.0 Å². The van der Waals surface area contributed by atoms with Crippen molar-refractivity contribution >= 4 is 14.6 Å². The number of hydrogen-bond acceptors (Lipinski definition) is 6. The second-order valence-electron chi connectivity index (χ2n) is 8.72. The normalized spacial score (nSPS) is 13.2. The smallest absolute Gasteiger partial charge is 0.330 e. The van der Waals surface area contributed by atoms with Crippen LogP contribution in [0.5, 0.6) is 0 Å². The zero-order valence-electron chi connectivity index (χ0n) is 21.2. The summed E-state index contributed by atoms with van der Waals surface area (Å²) in [6, 6.07) is 0. The zero-order valence-corrected chi connectivity index (χ0v) is 22.1. The quantitative estimate of drug-likeness (QED) is 0.0834. The summed E-state index contributed by atoms with van der Waals surface area (Å²) in [5, 5.41) is 2.95. The minimum Gasteiger partial charge on any atom is -0.460 e. The maximum atomic E-state index is 11.9. The molecule has 0 heterocycles. The Bertz CT molecular complexity index is 401. The molecular weight excluding hydrogens is 425 g/mol. The SMILES string of the molecule is CCCCCCCCCCCCCCCCC(COP(O)OCCNC)OC(=O)CCC. The lowest BCUT2D eigenvalue weighted by Crippen LogP contribution is -2.23. The molecular formula is C25H52NO5P. The molecule has 2 N–H and O–H groups in total. The highest BCUT2D eigenvalue weighted by Crippen LogP contribution is 2.33. The van der Waals surface area contributed by atoms with Crippen LogP contribution in [0.1, 0.15) is 123 Å². The first-order chi connectivity index (χ1) is 15.6. The average molecular weight is 478 g/mol. The molecule has 0 aromatic carbocycles. The molecule has 0 aliphatic heterocycles. The molecule has 0 aliphatic carbocycles. The number of nitrogens with one attached hydrogen (secondary N) is 1. The summed E-state index contributed by atoms with van der Waals surface area (Å²) in [5.41, 5.74) is 0. The van der Waals surface area contributed by atoms with Crippen molar-refractivity contribution in [3.63, 3.8) is 0 Å². The van der Waals surface area contributed by atoms with Crippen molar-refractivity contribution in [2.75, 3.05) is 26.8 Å². The molecule has 7 heteroatoms. The van der Waals surface area contributed by atoms with Gasteiger partial charge in [-0.05, 0) is 26.3 Å². The zero-order chi connectivity index (χ0) is 23.7. The van der Waals surface area contributed by atoms with Crippen molar-refractivity contribution in [1.82, 2.24) is 5.32 Å². The summed E-state index contributed by atoms with van der Waals surface area (Å²) in [6.07, 6.45) is 20.1. The minimum atomic E-state index is -1.93.